The summed E-state index contributed by atoms with van der Waals surface area (Å²) < 4.78 is 27.3. The lowest BCUT2D eigenvalue weighted by Crippen LogP contribution is -2.30. The topological polar surface area (TPSA) is 63.4 Å². The second-order valence-corrected chi connectivity index (χ2v) is 7.64. The Morgan fingerprint density at radius 3 is 2.45 bits per heavy atom. The van der Waals surface area contributed by atoms with Crippen molar-refractivity contribution in [3.8, 4) is 0 Å². The van der Waals surface area contributed by atoms with E-state index in [0.717, 1.165) is 16.1 Å². The van der Waals surface area contributed by atoms with Gasteiger partial charge in [0.15, 0.2) is 0 Å². The summed E-state index contributed by atoms with van der Waals surface area (Å²) in [6.07, 6.45) is 0. The lowest BCUT2D eigenvalue weighted by Gasteiger charge is -2.23. The largest absolute Gasteiger partial charge is 0.326 e. The van der Waals surface area contributed by atoms with Crippen molar-refractivity contribution in [1.29, 1.82) is 0 Å². The van der Waals surface area contributed by atoms with Gasteiger partial charge in [0.05, 0.1) is 5.69 Å². The molecule has 2 aromatic rings. The van der Waals surface area contributed by atoms with Crippen LogP contribution < -0.4 is 10.0 Å². The van der Waals surface area contributed by atoms with Gasteiger partial charge in [-0.2, -0.15) is 0 Å². The Labute approximate surface area is 123 Å². The fourth-order valence-electron chi connectivity index (χ4n) is 2.03. The van der Waals surface area contributed by atoms with E-state index in [-0.39, 0.29) is 0 Å². The van der Waals surface area contributed by atoms with Crippen LogP contribution in [-0.2, 0) is 16.6 Å². The molecule has 0 aliphatic carbocycles. The second kappa shape index (κ2) is 5.95. The van der Waals surface area contributed by atoms with E-state index in [4.69, 9.17) is 5.73 Å². The summed E-state index contributed by atoms with van der Waals surface area (Å²) >= 11 is 1.23. The number of anilines is 1. The molecule has 108 valence electrons. The van der Waals surface area contributed by atoms with Crippen molar-refractivity contribution < 1.29 is 8.42 Å². The van der Waals surface area contributed by atoms with Gasteiger partial charge in [-0.1, -0.05) is 18.2 Å². The number of nitrogens with two attached hydrogens (primary N) is 1. The lowest BCUT2D eigenvalue weighted by molar-refractivity contribution is 0.594. The van der Waals surface area contributed by atoms with Crippen molar-refractivity contribution in [2.24, 2.45) is 5.73 Å². The number of thiophene rings is 1. The summed E-state index contributed by atoms with van der Waals surface area (Å²) in [4.78, 5) is 0.865. The van der Waals surface area contributed by atoms with Gasteiger partial charge in [0.2, 0.25) is 0 Å². The number of hydrogen-bond acceptors (Lipinski definition) is 4. The molecule has 1 aromatic heterocycles. The molecule has 0 atom stereocenters. The number of aryl methyl sites for hydroxylation is 1. The third-order valence-electron chi connectivity index (χ3n) is 3.05. The number of nitrogens with zero attached hydrogens (tertiary/aromatic N) is 1. The molecular weight excluding hydrogens is 292 g/mol. The van der Waals surface area contributed by atoms with Crippen molar-refractivity contribution in [2.75, 3.05) is 10.8 Å². The van der Waals surface area contributed by atoms with Crippen molar-refractivity contribution in [1.82, 2.24) is 0 Å². The monoisotopic (exact) mass is 310 g/mol. The maximum Gasteiger partial charge on any atom is 0.273 e. The van der Waals surface area contributed by atoms with Gasteiger partial charge in [0.25, 0.3) is 10.0 Å². The zero-order valence-electron chi connectivity index (χ0n) is 11.5. The highest BCUT2D eigenvalue weighted by Gasteiger charge is 2.26. The Morgan fingerprint density at radius 2 is 1.90 bits per heavy atom. The van der Waals surface area contributed by atoms with E-state index < -0.39 is 10.0 Å². The smallest absolute Gasteiger partial charge is 0.273 e. The van der Waals surface area contributed by atoms with Crippen LogP contribution in [0.25, 0.3) is 0 Å². The summed E-state index contributed by atoms with van der Waals surface area (Å²) in [7, 11) is -3.52. The van der Waals surface area contributed by atoms with Gasteiger partial charge in [-0.3, -0.25) is 4.31 Å². The molecule has 0 saturated heterocycles. The van der Waals surface area contributed by atoms with Gasteiger partial charge in [0, 0.05) is 18.0 Å². The summed E-state index contributed by atoms with van der Waals surface area (Å²) in [5, 5.41) is 0. The van der Waals surface area contributed by atoms with Crippen molar-refractivity contribution in [3.63, 3.8) is 0 Å². The summed E-state index contributed by atoms with van der Waals surface area (Å²) in [6.45, 7) is 4.49. The van der Waals surface area contributed by atoms with Crippen LogP contribution in [0, 0.1) is 6.92 Å². The SMILES string of the molecule is CCN(c1ccccc1C)S(=O)(=O)c1ccc(CN)s1. The molecule has 0 saturated carbocycles. The molecular formula is C14H18N2O2S2. The second-order valence-electron chi connectivity index (χ2n) is 4.38. The molecule has 1 aromatic carbocycles. The van der Waals surface area contributed by atoms with Gasteiger partial charge in [-0.05, 0) is 37.6 Å². The van der Waals surface area contributed by atoms with Gasteiger partial charge >= 0.3 is 0 Å². The maximum absolute atomic E-state index is 12.7. The van der Waals surface area contributed by atoms with Gasteiger partial charge in [-0.15, -0.1) is 11.3 Å². The standard InChI is InChI=1S/C14H18N2O2S2/c1-3-16(13-7-5-4-6-11(13)2)20(17,18)14-9-8-12(10-15)19-14/h4-9H,3,10,15H2,1-2H3. The van der Waals surface area contributed by atoms with Crippen LogP contribution in [-0.4, -0.2) is 15.0 Å². The van der Waals surface area contributed by atoms with Gasteiger partial charge < -0.3 is 5.73 Å². The minimum absolute atomic E-state index is 0.336. The van der Waals surface area contributed by atoms with E-state index in [1.165, 1.54) is 15.6 Å². The lowest BCUT2D eigenvalue weighted by atomic mass is 10.2. The fourth-order valence-corrected chi connectivity index (χ4v) is 4.92. The number of benzene rings is 1. The number of sulfonamides is 1. The third-order valence-corrected chi connectivity index (χ3v) is 6.52. The van der Waals surface area contributed by atoms with Crippen molar-refractivity contribution in [3.05, 3.63) is 46.8 Å². The Hall–Kier alpha value is -1.37. The molecule has 0 fully saturated rings. The summed E-state index contributed by atoms with van der Waals surface area (Å²) in [5.74, 6) is 0. The minimum atomic E-state index is -3.52. The number of hydrogen-bond donors (Lipinski definition) is 1. The zero-order chi connectivity index (χ0) is 14.8. The molecule has 0 aliphatic heterocycles. The molecule has 6 heteroatoms. The average molecular weight is 310 g/mol. The van der Waals surface area contributed by atoms with Crippen LogP contribution in [0.1, 0.15) is 17.4 Å². The van der Waals surface area contributed by atoms with Crippen LogP contribution in [0.5, 0.6) is 0 Å². The minimum Gasteiger partial charge on any atom is -0.326 e. The molecule has 0 bridgehead atoms. The Bertz CT molecular complexity index is 693. The van der Waals surface area contributed by atoms with Crippen LogP contribution in [0.2, 0.25) is 0 Å². The Balaban J connectivity index is 2.48. The molecule has 2 rings (SSSR count). The molecule has 4 nitrogen and oxygen atoms in total. The molecule has 0 amide bonds. The summed E-state index contributed by atoms with van der Waals surface area (Å²) in [6, 6.07) is 10.9. The van der Waals surface area contributed by atoms with E-state index in [1.807, 2.05) is 38.1 Å². The molecule has 2 N–H and O–H groups in total. The third kappa shape index (κ3) is 2.72. The maximum atomic E-state index is 12.7. The quantitative estimate of drug-likeness (QED) is 0.923. The normalized spacial score (nSPS) is 11.6. The van der Waals surface area contributed by atoms with Crippen LogP contribution in [0.3, 0.4) is 0 Å². The van der Waals surface area contributed by atoms with E-state index in [9.17, 15) is 8.42 Å². The molecule has 1 heterocycles. The number of rotatable bonds is 5. The predicted molar refractivity (Wildman–Crippen MR) is 83.6 cm³/mol. The molecule has 0 spiro atoms. The number of para-hydroxylation sites is 1. The first-order valence-electron chi connectivity index (χ1n) is 6.38. The summed E-state index contributed by atoms with van der Waals surface area (Å²) in [5.41, 5.74) is 7.21. The van der Waals surface area contributed by atoms with E-state index in [0.29, 0.717) is 17.3 Å². The van der Waals surface area contributed by atoms with Crippen LogP contribution in [0.15, 0.2) is 40.6 Å². The Morgan fingerprint density at radius 1 is 1.20 bits per heavy atom. The van der Waals surface area contributed by atoms with Crippen LogP contribution in [0.4, 0.5) is 5.69 Å². The highest BCUT2D eigenvalue weighted by molar-refractivity contribution is 7.94. The molecule has 0 unspecified atom stereocenters. The highest BCUT2D eigenvalue weighted by Crippen LogP contribution is 2.30. The molecule has 0 radical (unpaired) electrons. The highest BCUT2D eigenvalue weighted by atomic mass is 32.2. The molecule has 20 heavy (non-hydrogen) atoms. The van der Waals surface area contributed by atoms with Crippen LogP contribution >= 0.6 is 11.3 Å². The Kier molecular flexibility index (Phi) is 4.47. The van der Waals surface area contributed by atoms with E-state index >= 15 is 0 Å². The zero-order valence-corrected chi connectivity index (χ0v) is 13.2. The van der Waals surface area contributed by atoms with E-state index in [1.54, 1.807) is 12.1 Å². The predicted octanol–water partition coefficient (Wildman–Crippen LogP) is 2.73. The molecule has 0 aliphatic rings. The first-order valence-corrected chi connectivity index (χ1v) is 8.63. The first-order chi connectivity index (χ1) is 9.50. The first kappa shape index (κ1) is 15.0. The van der Waals surface area contributed by atoms with Gasteiger partial charge in [0.1, 0.15) is 4.21 Å². The van der Waals surface area contributed by atoms with Crippen molar-refractivity contribution in [2.45, 2.75) is 24.6 Å². The fraction of sp³-hybridized carbons (Fsp3) is 0.286. The van der Waals surface area contributed by atoms with Crippen molar-refractivity contribution >= 4 is 27.0 Å². The average Bonchev–Trinajstić information content (AvgIpc) is 2.91. The van der Waals surface area contributed by atoms with E-state index in [2.05, 4.69) is 0 Å². The van der Waals surface area contributed by atoms with Gasteiger partial charge in [-0.25, -0.2) is 8.42 Å².